The Morgan fingerprint density at radius 1 is 0.615 bits per heavy atom. The summed E-state index contributed by atoms with van der Waals surface area (Å²) in [7, 11) is 0. The van der Waals surface area contributed by atoms with E-state index in [9.17, 15) is 24.3 Å². The van der Waals surface area contributed by atoms with E-state index in [4.69, 9.17) is 4.74 Å². The van der Waals surface area contributed by atoms with Crippen LogP contribution in [0.5, 0.6) is 0 Å². The van der Waals surface area contributed by atoms with Crippen LogP contribution in [0.4, 0.5) is 11.4 Å². The number of ether oxygens (including phenoxy) is 1. The number of carbonyl (C=O) groups excluding carboxylic acids is 3. The van der Waals surface area contributed by atoms with Crippen LogP contribution in [0.3, 0.4) is 0 Å². The lowest BCUT2D eigenvalue weighted by molar-refractivity contribution is -0.159. The number of carboxylic acid groups (broad SMARTS) is 1. The second kappa shape index (κ2) is 14.7. The molecule has 0 aromatic heterocycles. The van der Waals surface area contributed by atoms with Crippen LogP contribution in [0.15, 0.2) is 84.9 Å². The molecule has 0 fully saturated rings. The maximum atomic E-state index is 13.4. The molecule has 10 nitrogen and oxygen atoms in total. The van der Waals surface area contributed by atoms with Gasteiger partial charge in [-0.1, -0.05) is 72.8 Å². The van der Waals surface area contributed by atoms with Gasteiger partial charge in [-0.15, -0.1) is 0 Å². The van der Waals surface area contributed by atoms with Crippen molar-refractivity contribution >= 4 is 35.1 Å². The Kier molecular flexibility index (Phi) is 9.94. The van der Waals surface area contributed by atoms with E-state index in [1.165, 1.54) is 5.56 Å². The van der Waals surface area contributed by atoms with Gasteiger partial charge in [0.2, 0.25) is 11.8 Å². The lowest BCUT2D eigenvalue weighted by atomic mass is 9.83. The first-order chi connectivity index (χ1) is 25.2. The summed E-state index contributed by atoms with van der Waals surface area (Å²) in [6.07, 6.45) is 2.92. The summed E-state index contributed by atoms with van der Waals surface area (Å²) in [6.45, 7) is 5.34. The predicted octanol–water partition coefficient (Wildman–Crippen LogP) is 4.76. The summed E-state index contributed by atoms with van der Waals surface area (Å²) in [5.41, 5.74) is 7.49. The van der Waals surface area contributed by atoms with E-state index in [2.05, 4.69) is 27.3 Å². The first-order valence-electron chi connectivity index (χ1n) is 18.0. The van der Waals surface area contributed by atoms with Crippen LogP contribution in [0.25, 0.3) is 0 Å². The van der Waals surface area contributed by atoms with Gasteiger partial charge in [0.05, 0.1) is 6.61 Å². The number of hydrogen-bond donors (Lipinski definition) is 5. The van der Waals surface area contributed by atoms with Gasteiger partial charge in [-0.2, -0.15) is 0 Å². The normalized spacial score (nSPS) is 17.2. The Labute approximate surface area is 303 Å². The quantitative estimate of drug-likeness (QED) is 0.137. The summed E-state index contributed by atoms with van der Waals surface area (Å²) in [6, 6.07) is 27.2. The standard InChI is InChI=1S/C22H24N2O3.C20H20N2O3/c1-2-27-21(26)22(12-15-6-3-4-7-16(15)13-22)20(25)24-19-9-5-8-17-14-23-11-10-18(17)19;23-18(22-17-7-3-6-15-12-21-9-8-16(15)17)20(19(24)25)10-13-4-1-2-5-14(13)11-20/h3-9,23H,2,10-14H2,1H3,(H,24,25);1-7,21H,8-12H2,(H,22,23)(H,24,25). The fraction of sp³-hybridized carbons (Fsp3) is 0.333. The van der Waals surface area contributed by atoms with Crippen LogP contribution in [0.2, 0.25) is 0 Å². The molecule has 52 heavy (non-hydrogen) atoms. The van der Waals surface area contributed by atoms with Crippen molar-refractivity contribution in [1.29, 1.82) is 0 Å². The molecule has 4 aliphatic rings. The van der Waals surface area contributed by atoms with E-state index >= 15 is 0 Å². The number of esters is 1. The van der Waals surface area contributed by atoms with E-state index in [0.29, 0.717) is 12.8 Å². The summed E-state index contributed by atoms with van der Waals surface area (Å²) >= 11 is 0. The molecule has 268 valence electrons. The number of amides is 2. The Balaban J connectivity index is 0.000000162. The Hall–Kier alpha value is -5.32. The maximum Gasteiger partial charge on any atom is 0.322 e. The lowest BCUT2D eigenvalue weighted by Gasteiger charge is -2.27. The number of fused-ring (bicyclic) bond motifs is 4. The zero-order chi connectivity index (χ0) is 36.3. The molecule has 0 unspecified atom stereocenters. The Morgan fingerprint density at radius 3 is 1.44 bits per heavy atom. The third-order valence-electron chi connectivity index (χ3n) is 10.9. The number of hydrogen-bond acceptors (Lipinski definition) is 7. The van der Waals surface area contributed by atoms with Gasteiger partial charge >= 0.3 is 11.9 Å². The lowest BCUT2D eigenvalue weighted by Crippen LogP contribution is -2.45. The highest BCUT2D eigenvalue weighted by Crippen LogP contribution is 2.41. The molecule has 2 aliphatic carbocycles. The van der Waals surface area contributed by atoms with Crippen LogP contribution >= 0.6 is 0 Å². The molecular weight excluding hydrogens is 656 g/mol. The molecule has 4 aromatic carbocycles. The van der Waals surface area contributed by atoms with Crippen LogP contribution in [0, 0.1) is 10.8 Å². The molecule has 0 radical (unpaired) electrons. The van der Waals surface area contributed by atoms with Crippen molar-refractivity contribution in [3.05, 3.63) is 129 Å². The van der Waals surface area contributed by atoms with Gasteiger partial charge in [0, 0.05) is 24.5 Å². The van der Waals surface area contributed by atoms with Crippen molar-refractivity contribution in [2.75, 3.05) is 30.3 Å². The number of benzene rings is 4. The molecule has 4 aromatic rings. The largest absolute Gasteiger partial charge is 0.480 e. The van der Waals surface area contributed by atoms with Gasteiger partial charge in [-0.25, -0.2) is 0 Å². The number of carboxylic acids is 1. The molecule has 2 amide bonds. The molecule has 2 aliphatic heterocycles. The molecule has 0 atom stereocenters. The fourth-order valence-corrected chi connectivity index (χ4v) is 8.09. The zero-order valence-electron chi connectivity index (χ0n) is 29.3. The van der Waals surface area contributed by atoms with Crippen molar-refractivity contribution in [1.82, 2.24) is 10.6 Å². The van der Waals surface area contributed by atoms with Gasteiger partial charge in [0.1, 0.15) is 0 Å². The second-order valence-corrected chi connectivity index (χ2v) is 14.1. The summed E-state index contributed by atoms with van der Waals surface area (Å²) in [4.78, 5) is 51.3. The number of aliphatic carboxylic acids is 1. The average molecular weight is 701 g/mol. The average Bonchev–Trinajstić information content (AvgIpc) is 3.77. The van der Waals surface area contributed by atoms with Crippen LogP contribution < -0.4 is 21.3 Å². The molecule has 0 saturated heterocycles. The third-order valence-corrected chi connectivity index (χ3v) is 10.9. The summed E-state index contributed by atoms with van der Waals surface area (Å²) in [5.74, 6) is -2.20. The molecule has 0 spiro atoms. The molecular formula is C42H44N4O6. The third kappa shape index (κ3) is 6.60. The predicted molar refractivity (Wildman–Crippen MR) is 198 cm³/mol. The Morgan fingerprint density at radius 2 is 1.02 bits per heavy atom. The van der Waals surface area contributed by atoms with E-state index < -0.39 is 28.7 Å². The van der Waals surface area contributed by atoms with Crippen molar-refractivity contribution in [3.8, 4) is 0 Å². The van der Waals surface area contributed by atoms with E-state index in [0.717, 1.165) is 89.3 Å². The van der Waals surface area contributed by atoms with Gasteiger partial charge in [0.15, 0.2) is 10.8 Å². The minimum absolute atomic E-state index is 0.237. The minimum atomic E-state index is -1.43. The monoisotopic (exact) mass is 700 g/mol. The van der Waals surface area contributed by atoms with Crippen LogP contribution in [0.1, 0.15) is 51.4 Å². The minimum Gasteiger partial charge on any atom is -0.480 e. The fourth-order valence-electron chi connectivity index (χ4n) is 8.09. The first kappa shape index (κ1) is 35.1. The van der Waals surface area contributed by atoms with E-state index in [-0.39, 0.29) is 25.4 Å². The van der Waals surface area contributed by atoms with E-state index in [1.54, 1.807) is 6.92 Å². The van der Waals surface area contributed by atoms with E-state index in [1.807, 2.05) is 78.9 Å². The molecule has 2 heterocycles. The van der Waals surface area contributed by atoms with Gasteiger partial charge < -0.3 is 31.1 Å². The van der Waals surface area contributed by atoms with Crippen molar-refractivity contribution in [2.24, 2.45) is 10.8 Å². The van der Waals surface area contributed by atoms with Gasteiger partial charge in [0.25, 0.3) is 0 Å². The topological polar surface area (TPSA) is 146 Å². The number of rotatable bonds is 7. The molecule has 0 saturated carbocycles. The number of anilines is 2. The highest BCUT2D eigenvalue weighted by molar-refractivity contribution is 6.11. The summed E-state index contributed by atoms with van der Waals surface area (Å²) in [5, 5.41) is 22.5. The highest BCUT2D eigenvalue weighted by atomic mass is 16.5. The SMILES string of the molecule is CCOC(=O)C1(C(=O)Nc2cccc3c2CCNC3)Cc2ccccc2C1.O=C(O)C1(C(=O)Nc2cccc3c2CCNC3)Cc2ccccc2C1. The molecule has 8 rings (SSSR count). The van der Waals surface area contributed by atoms with Crippen LogP contribution in [-0.2, 0) is 75.5 Å². The second-order valence-electron chi connectivity index (χ2n) is 14.1. The number of carbonyl (C=O) groups is 4. The van der Waals surface area contributed by atoms with Crippen LogP contribution in [-0.4, -0.2) is 48.6 Å². The van der Waals surface area contributed by atoms with Gasteiger partial charge in [-0.05, 0) is 115 Å². The molecule has 0 bridgehead atoms. The van der Waals surface area contributed by atoms with Crippen molar-refractivity contribution in [3.63, 3.8) is 0 Å². The maximum absolute atomic E-state index is 13.4. The highest BCUT2D eigenvalue weighted by Gasteiger charge is 2.52. The molecule has 10 heteroatoms. The summed E-state index contributed by atoms with van der Waals surface area (Å²) < 4.78 is 5.32. The Bertz CT molecular complexity index is 1990. The van der Waals surface area contributed by atoms with Crippen molar-refractivity contribution in [2.45, 2.75) is 58.5 Å². The van der Waals surface area contributed by atoms with Gasteiger partial charge in [-0.3, -0.25) is 19.2 Å². The number of nitrogens with one attached hydrogen (secondary N) is 4. The molecule has 5 N–H and O–H groups in total. The zero-order valence-corrected chi connectivity index (χ0v) is 29.3. The first-order valence-corrected chi connectivity index (χ1v) is 18.0. The van der Waals surface area contributed by atoms with Crippen molar-refractivity contribution < 1.29 is 29.0 Å². The smallest absolute Gasteiger partial charge is 0.322 e.